The van der Waals surface area contributed by atoms with Crippen LogP contribution in [0.5, 0.6) is 11.5 Å². The Morgan fingerprint density at radius 1 is 0.933 bits per heavy atom. The number of oxime groups is 1. The first kappa shape index (κ1) is 20.9. The van der Waals surface area contributed by atoms with Crippen molar-refractivity contribution in [3.63, 3.8) is 0 Å². The van der Waals surface area contributed by atoms with E-state index >= 15 is 0 Å². The molecule has 2 aromatic carbocycles. The average Bonchev–Trinajstić information content (AvgIpc) is 2.78. The van der Waals surface area contributed by atoms with Crippen molar-refractivity contribution in [3.05, 3.63) is 92.3 Å². The van der Waals surface area contributed by atoms with E-state index in [2.05, 4.69) is 5.16 Å². The zero-order valence-corrected chi connectivity index (χ0v) is 17.1. The highest BCUT2D eigenvalue weighted by Gasteiger charge is 2.07. The maximum absolute atomic E-state index is 11.9. The lowest BCUT2D eigenvalue weighted by Crippen LogP contribution is -2.38. The molecule has 0 N–H and O–H groups in total. The summed E-state index contributed by atoms with van der Waals surface area (Å²) >= 11 is 0. The van der Waals surface area contributed by atoms with Crippen LogP contribution in [0, 0.1) is 0 Å². The van der Waals surface area contributed by atoms with E-state index in [1.807, 2.05) is 36.4 Å². The Balaban J connectivity index is 1.63. The van der Waals surface area contributed by atoms with E-state index in [4.69, 9.17) is 14.3 Å². The van der Waals surface area contributed by atoms with Crippen LogP contribution in [0.15, 0.2) is 69.3 Å². The van der Waals surface area contributed by atoms with Crippen molar-refractivity contribution in [2.75, 3.05) is 7.11 Å². The monoisotopic (exact) mass is 409 g/mol. The molecule has 0 saturated heterocycles. The van der Waals surface area contributed by atoms with Crippen LogP contribution in [0.4, 0.5) is 0 Å². The maximum Gasteiger partial charge on any atom is 0.330 e. The number of hydrogen-bond donors (Lipinski definition) is 0. The van der Waals surface area contributed by atoms with Gasteiger partial charge in [-0.3, -0.25) is 13.9 Å². The van der Waals surface area contributed by atoms with Crippen molar-refractivity contribution in [2.45, 2.75) is 13.2 Å². The van der Waals surface area contributed by atoms with Crippen molar-refractivity contribution in [1.82, 2.24) is 9.13 Å². The number of ether oxygens (including phenoxy) is 2. The second-order valence-corrected chi connectivity index (χ2v) is 6.57. The Morgan fingerprint density at radius 3 is 2.43 bits per heavy atom. The molecule has 0 radical (unpaired) electrons. The minimum Gasteiger partial charge on any atom is -0.493 e. The van der Waals surface area contributed by atoms with Crippen molar-refractivity contribution in [1.29, 1.82) is 0 Å². The molecule has 30 heavy (non-hydrogen) atoms. The first-order valence-electron chi connectivity index (χ1n) is 9.25. The quantitative estimate of drug-likeness (QED) is 0.421. The molecule has 0 atom stereocenters. The van der Waals surface area contributed by atoms with Crippen molar-refractivity contribution >= 4 is 6.21 Å². The van der Waals surface area contributed by atoms with Crippen LogP contribution in [0.1, 0.15) is 16.8 Å². The fraction of sp³-hybridized carbons (Fsp3) is 0.227. The summed E-state index contributed by atoms with van der Waals surface area (Å²) in [6, 6.07) is 16.6. The first-order chi connectivity index (χ1) is 14.5. The number of hydrogen-bond acceptors (Lipinski definition) is 6. The molecule has 3 rings (SSSR count). The molecule has 0 fully saturated rings. The SMILES string of the molecule is COc1cc(/C=N/OCc2cc(=O)n(C)c(=O)n2C)ccc1OCc1ccccc1. The third kappa shape index (κ3) is 4.96. The molecular formula is C22H23N3O5. The lowest BCUT2D eigenvalue weighted by atomic mass is 10.2. The molecule has 8 heteroatoms. The minimum atomic E-state index is -0.416. The van der Waals surface area contributed by atoms with E-state index in [0.29, 0.717) is 23.8 Å². The van der Waals surface area contributed by atoms with Gasteiger partial charge >= 0.3 is 5.69 Å². The number of aromatic nitrogens is 2. The van der Waals surface area contributed by atoms with Gasteiger partial charge in [0, 0.05) is 25.7 Å². The van der Waals surface area contributed by atoms with Crippen LogP contribution < -0.4 is 20.7 Å². The lowest BCUT2D eigenvalue weighted by Gasteiger charge is -2.11. The van der Waals surface area contributed by atoms with Gasteiger partial charge in [0.05, 0.1) is 19.0 Å². The number of methoxy groups -OCH3 is 1. The second-order valence-electron chi connectivity index (χ2n) is 6.57. The van der Waals surface area contributed by atoms with Crippen LogP contribution in [0.3, 0.4) is 0 Å². The van der Waals surface area contributed by atoms with Crippen molar-refractivity contribution in [2.24, 2.45) is 19.3 Å². The van der Waals surface area contributed by atoms with Crippen LogP contribution in [0.25, 0.3) is 0 Å². The molecule has 0 amide bonds. The number of rotatable bonds is 8. The van der Waals surface area contributed by atoms with Crippen LogP contribution in [-0.2, 0) is 32.1 Å². The molecule has 0 bridgehead atoms. The Hall–Kier alpha value is -3.81. The van der Waals surface area contributed by atoms with Crippen molar-refractivity contribution in [3.8, 4) is 11.5 Å². The van der Waals surface area contributed by atoms with Gasteiger partial charge in [-0.2, -0.15) is 0 Å². The van der Waals surface area contributed by atoms with Gasteiger partial charge in [0.2, 0.25) is 0 Å². The highest BCUT2D eigenvalue weighted by Crippen LogP contribution is 2.28. The summed E-state index contributed by atoms with van der Waals surface area (Å²) in [6.45, 7) is 0.427. The van der Waals surface area contributed by atoms with Gasteiger partial charge in [-0.25, -0.2) is 4.79 Å². The standard InChI is InChI=1S/C22H23N3O5/c1-24-18(12-21(26)25(2)22(24)27)15-30-23-13-17-9-10-19(20(11-17)28-3)29-14-16-7-5-4-6-8-16/h4-13H,14-15H2,1-3H3/b23-13+. The molecule has 0 saturated carbocycles. The summed E-state index contributed by atoms with van der Waals surface area (Å²) < 4.78 is 13.6. The number of benzene rings is 2. The minimum absolute atomic E-state index is 0.00622. The summed E-state index contributed by atoms with van der Waals surface area (Å²) in [4.78, 5) is 28.9. The molecule has 0 spiro atoms. The van der Waals surface area contributed by atoms with Gasteiger partial charge in [0.25, 0.3) is 5.56 Å². The van der Waals surface area contributed by atoms with E-state index in [9.17, 15) is 9.59 Å². The maximum atomic E-state index is 11.9. The smallest absolute Gasteiger partial charge is 0.330 e. The third-order valence-electron chi connectivity index (χ3n) is 4.54. The first-order valence-corrected chi connectivity index (χ1v) is 9.25. The topological polar surface area (TPSA) is 84.0 Å². The summed E-state index contributed by atoms with van der Waals surface area (Å²) in [6.07, 6.45) is 1.52. The van der Waals surface area contributed by atoms with Crippen LogP contribution in [0.2, 0.25) is 0 Å². The summed E-state index contributed by atoms with van der Waals surface area (Å²) in [5.74, 6) is 1.19. The molecule has 8 nitrogen and oxygen atoms in total. The van der Waals surface area contributed by atoms with Gasteiger partial charge in [-0.15, -0.1) is 0 Å². The molecule has 0 aliphatic heterocycles. The van der Waals surface area contributed by atoms with Crippen LogP contribution in [-0.4, -0.2) is 22.5 Å². The van der Waals surface area contributed by atoms with Gasteiger partial charge in [-0.1, -0.05) is 35.5 Å². The molecule has 0 unspecified atom stereocenters. The molecule has 0 aliphatic rings. The third-order valence-corrected chi connectivity index (χ3v) is 4.54. The van der Waals surface area contributed by atoms with E-state index in [-0.39, 0.29) is 6.61 Å². The fourth-order valence-corrected chi connectivity index (χ4v) is 2.74. The highest BCUT2D eigenvalue weighted by molar-refractivity contribution is 5.80. The Bertz CT molecular complexity index is 1150. The van der Waals surface area contributed by atoms with Gasteiger partial charge in [0.15, 0.2) is 18.1 Å². The Labute approximate surface area is 173 Å². The van der Waals surface area contributed by atoms with Crippen LogP contribution >= 0.6 is 0 Å². The zero-order chi connectivity index (χ0) is 21.5. The van der Waals surface area contributed by atoms with E-state index in [0.717, 1.165) is 15.7 Å². The highest BCUT2D eigenvalue weighted by atomic mass is 16.6. The fourth-order valence-electron chi connectivity index (χ4n) is 2.74. The molecule has 0 aliphatic carbocycles. The normalized spacial score (nSPS) is 10.9. The van der Waals surface area contributed by atoms with E-state index in [1.54, 1.807) is 26.3 Å². The Kier molecular flexibility index (Phi) is 6.69. The molecule has 1 heterocycles. The van der Waals surface area contributed by atoms with Gasteiger partial charge in [0.1, 0.15) is 6.61 Å². The molecular weight excluding hydrogens is 386 g/mol. The van der Waals surface area contributed by atoms with Crippen molar-refractivity contribution < 1.29 is 14.3 Å². The lowest BCUT2D eigenvalue weighted by molar-refractivity contribution is 0.126. The van der Waals surface area contributed by atoms with Gasteiger partial charge < -0.3 is 14.3 Å². The number of nitrogens with zero attached hydrogens (tertiary/aromatic N) is 3. The molecule has 1 aromatic heterocycles. The predicted molar refractivity (Wildman–Crippen MR) is 113 cm³/mol. The largest absolute Gasteiger partial charge is 0.493 e. The average molecular weight is 409 g/mol. The predicted octanol–water partition coefficient (Wildman–Crippen LogP) is 2.22. The summed E-state index contributed by atoms with van der Waals surface area (Å²) in [5, 5.41) is 3.91. The molecule has 3 aromatic rings. The zero-order valence-electron chi connectivity index (χ0n) is 17.1. The van der Waals surface area contributed by atoms with E-state index < -0.39 is 11.2 Å². The Morgan fingerprint density at radius 2 is 1.70 bits per heavy atom. The molecule has 156 valence electrons. The summed E-state index contributed by atoms with van der Waals surface area (Å²) in [5.41, 5.74) is 1.43. The van der Waals surface area contributed by atoms with E-state index in [1.165, 1.54) is 23.9 Å². The summed E-state index contributed by atoms with van der Waals surface area (Å²) in [7, 11) is 4.57. The second kappa shape index (κ2) is 9.60. The van der Waals surface area contributed by atoms with Gasteiger partial charge in [-0.05, 0) is 23.8 Å².